The van der Waals surface area contributed by atoms with Crippen molar-refractivity contribution in [2.75, 3.05) is 48.6 Å². The van der Waals surface area contributed by atoms with Crippen LogP contribution in [0.5, 0.6) is 11.5 Å². The van der Waals surface area contributed by atoms with E-state index >= 15 is 0 Å². The van der Waals surface area contributed by atoms with Crippen LogP contribution in [0, 0.1) is 0 Å². The van der Waals surface area contributed by atoms with E-state index in [4.69, 9.17) is 32.7 Å². The minimum Gasteiger partial charge on any atom is -0.420 e. The monoisotopic (exact) mass is 638 g/mol. The first kappa shape index (κ1) is 32.7. The smallest absolute Gasteiger partial charge is 0.414 e. The number of esters is 1. The molecular weight excluding hydrogens is 607 g/mol. The van der Waals surface area contributed by atoms with Crippen molar-refractivity contribution in [3.63, 3.8) is 0 Å². The van der Waals surface area contributed by atoms with Crippen LogP contribution < -0.4 is 25.0 Å². The van der Waals surface area contributed by atoms with Gasteiger partial charge in [-0.3, -0.25) is 4.79 Å². The van der Waals surface area contributed by atoms with Crippen LogP contribution in [0.15, 0.2) is 47.5 Å². The van der Waals surface area contributed by atoms with E-state index in [-0.39, 0.29) is 50.1 Å². The van der Waals surface area contributed by atoms with Gasteiger partial charge in [0.15, 0.2) is 27.2 Å². The SMILES string of the molecule is CCC(=O)Oc1c(Nc2nc(N(CC)CC)ncc2NCS(=O)(=O)c2cc(Cl)cc(Cl)c2)cccc1OC(=O)N(C)C. The van der Waals surface area contributed by atoms with Crippen LogP contribution in [0.25, 0.3) is 0 Å². The summed E-state index contributed by atoms with van der Waals surface area (Å²) >= 11 is 12.0. The van der Waals surface area contributed by atoms with Crippen LogP contribution >= 0.6 is 23.2 Å². The molecule has 15 heteroatoms. The van der Waals surface area contributed by atoms with E-state index in [1.807, 2.05) is 18.7 Å². The number of aromatic nitrogens is 2. The number of rotatable bonds is 12. The molecule has 1 amide bonds. The van der Waals surface area contributed by atoms with Gasteiger partial charge in [0.1, 0.15) is 5.88 Å². The number of hydrogen-bond donors (Lipinski definition) is 2. The normalized spacial score (nSPS) is 11.0. The third-order valence-corrected chi connectivity index (χ3v) is 7.68. The van der Waals surface area contributed by atoms with Crippen molar-refractivity contribution in [3.05, 3.63) is 52.6 Å². The highest BCUT2D eigenvalue weighted by molar-refractivity contribution is 7.91. The Morgan fingerprint density at radius 1 is 0.976 bits per heavy atom. The van der Waals surface area contributed by atoms with E-state index in [1.54, 1.807) is 19.1 Å². The maximum absolute atomic E-state index is 13.1. The highest BCUT2D eigenvalue weighted by Crippen LogP contribution is 2.39. The molecule has 0 atom stereocenters. The zero-order chi connectivity index (χ0) is 31.0. The number of para-hydroxylation sites is 1. The Bertz CT molecular complexity index is 1530. The fraction of sp³-hybridized carbons (Fsp3) is 0.333. The second kappa shape index (κ2) is 14.4. The lowest BCUT2D eigenvalue weighted by Gasteiger charge is -2.22. The van der Waals surface area contributed by atoms with Gasteiger partial charge in [-0.1, -0.05) is 36.2 Å². The summed E-state index contributed by atoms with van der Waals surface area (Å²) in [6.07, 6.45) is 0.824. The van der Waals surface area contributed by atoms with Gasteiger partial charge in [-0.25, -0.2) is 18.2 Å². The molecule has 12 nitrogen and oxygen atoms in total. The van der Waals surface area contributed by atoms with Gasteiger partial charge in [-0.05, 0) is 44.2 Å². The fourth-order valence-electron chi connectivity index (χ4n) is 3.52. The van der Waals surface area contributed by atoms with E-state index < -0.39 is 27.8 Å². The quantitative estimate of drug-likeness (QED) is 0.189. The maximum Gasteiger partial charge on any atom is 0.414 e. The Morgan fingerprint density at radius 2 is 1.64 bits per heavy atom. The highest BCUT2D eigenvalue weighted by atomic mass is 35.5. The molecule has 0 aliphatic rings. The first-order valence-electron chi connectivity index (χ1n) is 12.9. The summed E-state index contributed by atoms with van der Waals surface area (Å²) in [5.74, 6) is -0.605. The van der Waals surface area contributed by atoms with Crippen molar-refractivity contribution < 1.29 is 27.5 Å². The van der Waals surface area contributed by atoms with Gasteiger partial charge in [0.2, 0.25) is 5.95 Å². The summed E-state index contributed by atoms with van der Waals surface area (Å²) in [7, 11) is -0.860. The highest BCUT2D eigenvalue weighted by Gasteiger charge is 2.22. The molecular formula is C27H32Cl2N6O6S. The first-order valence-corrected chi connectivity index (χ1v) is 15.3. The van der Waals surface area contributed by atoms with E-state index in [0.717, 1.165) is 0 Å². The average Bonchev–Trinajstić information content (AvgIpc) is 2.94. The van der Waals surface area contributed by atoms with E-state index in [2.05, 4.69) is 20.6 Å². The lowest BCUT2D eigenvalue weighted by molar-refractivity contribution is -0.134. The van der Waals surface area contributed by atoms with Crippen molar-refractivity contribution in [2.45, 2.75) is 32.1 Å². The van der Waals surface area contributed by atoms with Crippen molar-refractivity contribution in [3.8, 4) is 11.5 Å². The molecule has 0 aliphatic carbocycles. The Labute approximate surface area is 254 Å². The van der Waals surface area contributed by atoms with Gasteiger partial charge in [-0.15, -0.1) is 0 Å². The summed E-state index contributed by atoms with van der Waals surface area (Å²) in [5, 5.41) is 6.32. The molecule has 2 N–H and O–H groups in total. The van der Waals surface area contributed by atoms with Gasteiger partial charge in [0.05, 0.1) is 22.5 Å². The minimum atomic E-state index is -3.89. The topological polar surface area (TPSA) is 143 Å². The lowest BCUT2D eigenvalue weighted by Crippen LogP contribution is -2.26. The molecule has 0 unspecified atom stereocenters. The minimum absolute atomic E-state index is 0.00607. The summed E-state index contributed by atoms with van der Waals surface area (Å²) in [6.45, 7) is 6.74. The van der Waals surface area contributed by atoms with E-state index in [9.17, 15) is 18.0 Å². The molecule has 0 radical (unpaired) electrons. The average molecular weight is 640 g/mol. The molecule has 1 aromatic heterocycles. The van der Waals surface area contributed by atoms with Crippen molar-refractivity contribution in [1.82, 2.24) is 14.9 Å². The van der Waals surface area contributed by atoms with Gasteiger partial charge >= 0.3 is 12.1 Å². The number of hydrogen-bond acceptors (Lipinski definition) is 11. The molecule has 0 saturated carbocycles. The van der Waals surface area contributed by atoms with E-state index in [0.29, 0.717) is 19.0 Å². The largest absolute Gasteiger partial charge is 0.420 e. The Balaban J connectivity index is 2.06. The van der Waals surface area contributed by atoms with Crippen LogP contribution in [0.1, 0.15) is 27.2 Å². The number of amides is 1. The Kier molecular flexibility index (Phi) is 11.2. The third-order valence-electron chi connectivity index (χ3n) is 5.77. The van der Waals surface area contributed by atoms with Gasteiger partial charge in [0.25, 0.3) is 0 Å². The number of halogens is 2. The van der Waals surface area contributed by atoms with Gasteiger partial charge in [-0.2, -0.15) is 4.98 Å². The summed E-state index contributed by atoms with van der Waals surface area (Å²) in [6, 6.07) is 8.71. The molecule has 3 aromatic rings. The fourth-order valence-corrected chi connectivity index (χ4v) is 5.30. The van der Waals surface area contributed by atoms with Gasteiger partial charge in [0, 0.05) is 43.7 Å². The van der Waals surface area contributed by atoms with Crippen LogP contribution in [0.3, 0.4) is 0 Å². The number of nitrogens with zero attached hydrogens (tertiary/aromatic N) is 4. The molecule has 226 valence electrons. The molecule has 0 saturated heterocycles. The van der Waals surface area contributed by atoms with Crippen LogP contribution in [0.4, 0.5) is 27.9 Å². The van der Waals surface area contributed by atoms with Crippen molar-refractivity contribution in [1.29, 1.82) is 0 Å². The van der Waals surface area contributed by atoms with Crippen LogP contribution in [-0.4, -0.2) is 68.4 Å². The zero-order valence-electron chi connectivity index (χ0n) is 23.8. The molecule has 0 spiro atoms. The predicted octanol–water partition coefficient (Wildman–Crippen LogP) is 5.59. The maximum atomic E-state index is 13.1. The molecule has 0 bridgehead atoms. The summed E-state index contributed by atoms with van der Waals surface area (Å²) in [4.78, 5) is 36.7. The lowest BCUT2D eigenvalue weighted by atomic mass is 10.2. The second-order valence-corrected chi connectivity index (χ2v) is 11.9. The van der Waals surface area contributed by atoms with Crippen molar-refractivity contribution >= 4 is 68.2 Å². The first-order chi connectivity index (χ1) is 19.9. The number of carbonyl (C=O) groups is 2. The second-order valence-electron chi connectivity index (χ2n) is 8.99. The van der Waals surface area contributed by atoms with E-state index in [1.165, 1.54) is 49.5 Å². The summed E-state index contributed by atoms with van der Waals surface area (Å²) in [5.41, 5.74) is 0.462. The molecule has 2 aromatic carbocycles. The van der Waals surface area contributed by atoms with Crippen molar-refractivity contribution in [2.24, 2.45) is 0 Å². The predicted molar refractivity (Wildman–Crippen MR) is 163 cm³/mol. The standard InChI is InChI=1S/C27H32Cl2N6O6S/c1-6-23(36)41-24-20(10-9-11-22(24)40-27(37)34(4)5)32-25-21(15-30-26(33-25)35(7-2)8-3)31-16-42(38,39)19-13-17(28)12-18(29)14-19/h9-15,31H,6-8,16H2,1-5H3,(H,30,32,33). The third kappa shape index (κ3) is 8.37. The number of anilines is 4. The molecule has 1 heterocycles. The van der Waals surface area contributed by atoms with Crippen LogP contribution in [-0.2, 0) is 14.6 Å². The summed E-state index contributed by atoms with van der Waals surface area (Å²) < 4.78 is 37.2. The molecule has 3 rings (SSSR count). The zero-order valence-corrected chi connectivity index (χ0v) is 26.1. The molecule has 0 aliphatic heterocycles. The number of sulfone groups is 1. The van der Waals surface area contributed by atoms with Crippen LogP contribution in [0.2, 0.25) is 10.0 Å². The Hall–Kier alpha value is -3.81. The molecule has 0 fully saturated rings. The Morgan fingerprint density at radius 3 is 2.24 bits per heavy atom. The number of ether oxygens (including phenoxy) is 2. The number of nitrogens with one attached hydrogen (secondary N) is 2. The van der Waals surface area contributed by atoms with Gasteiger partial charge < -0.3 is 29.9 Å². The molecule has 42 heavy (non-hydrogen) atoms. The number of carbonyl (C=O) groups excluding carboxylic acids is 2. The number of benzene rings is 2.